The molecule has 0 aromatic rings. The van der Waals surface area contributed by atoms with Crippen molar-refractivity contribution < 1.29 is 14.3 Å². The lowest BCUT2D eigenvalue weighted by molar-refractivity contribution is -0.128. The summed E-state index contributed by atoms with van der Waals surface area (Å²) in [4.78, 5) is 23.8. The first-order valence-electron chi connectivity index (χ1n) is 6.69. The second-order valence-electron chi connectivity index (χ2n) is 5.56. The lowest BCUT2D eigenvalue weighted by Crippen LogP contribution is -2.51. The zero-order chi connectivity index (χ0) is 13.0. The number of nitrogens with zero attached hydrogens (tertiary/aromatic N) is 1. The number of ketones is 1. The van der Waals surface area contributed by atoms with Crippen molar-refractivity contribution in [2.45, 2.75) is 44.2 Å². The first kappa shape index (κ1) is 13.5. The monoisotopic (exact) mass is 254 g/mol. The second kappa shape index (κ2) is 5.80. The maximum absolute atomic E-state index is 11.3. The van der Waals surface area contributed by atoms with Crippen LogP contribution in [-0.4, -0.2) is 55.0 Å². The van der Waals surface area contributed by atoms with Crippen LogP contribution >= 0.6 is 0 Å². The Kier molecular flexibility index (Phi) is 4.35. The number of nitrogens with one attached hydrogen (secondary N) is 1. The van der Waals surface area contributed by atoms with Crippen molar-refractivity contribution in [3.05, 3.63) is 0 Å². The van der Waals surface area contributed by atoms with Crippen LogP contribution in [0.4, 0.5) is 0 Å². The van der Waals surface area contributed by atoms with E-state index in [1.807, 2.05) is 0 Å². The predicted octanol–water partition coefficient (Wildman–Crippen LogP) is 0.335. The molecule has 102 valence electrons. The molecule has 2 rings (SSSR count). The predicted molar refractivity (Wildman–Crippen MR) is 67.3 cm³/mol. The molecule has 2 atom stereocenters. The van der Waals surface area contributed by atoms with Crippen LogP contribution in [0.2, 0.25) is 0 Å². The Labute approximate surface area is 108 Å². The Balaban J connectivity index is 1.81. The molecule has 0 amide bonds. The van der Waals surface area contributed by atoms with E-state index >= 15 is 0 Å². The summed E-state index contributed by atoms with van der Waals surface area (Å²) in [6, 6.07) is 0.410. The third kappa shape index (κ3) is 3.09. The number of likely N-dealkylation sites (tertiary alicyclic amines) is 1. The number of hydrogen-bond donors (Lipinski definition) is 1. The molecule has 0 aromatic carbocycles. The molecule has 0 bridgehead atoms. The number of ether oxygens (including phenoxy) is 1. The van der Waals surface area contributed by atoms with Crippen molar-refractivity contribution in [3.63, 3.8) is 0 Å². The summed E-state index contributed by atoms with van der Waals surface area (Å²) < 4.78 is 4.74. The molecule has 5 heteroatoms. The fraction of sp³-hybridized carbons (Fsp3) is 0.846. The topological polar surface area (TPSA) is 58.6 Å². The highest BCUT2D eigenvalue weighted by Crippen LogP contribution is 2.29. The van der Waals surface area contributed by atoms with Crippen LogP contribution in [0.1, 0.15) is 32.6 Å². The normalized spacial score (nSPS) is 33.6. The van der Waals surface area contributed by atoms with E-state index in [0.29, 0.717) is 37.7 Å². The highest BCUT2D eigenvalue weighted by atomic mass is 16.5. The molecule has 2 heterocycles. The molecule has 0 spiro atoms. The van der Waals surface area contributed by atoms with E-state index in [9.17, 15) is 9.59 Å². The van der Waals surface area contributed by atoms with Gasteiger partial charge in [-0.25, -0.2) is 0 Å². The minimum absolute atomic E-state index is 0.145. The molecule has 2 aliphatic rings. The molecule has 0 aliphatic carbocycles. The molecular weight excluding hydrogens is 232 g/mol. The first-order valence-corrected chi connectivity index (χ1v) is 6.69. The molecule has 2 aliphatic heterocycles. The van der Waals surface area contributed by atoms with Crippen LogP contribution in [0.25, 0.3) is 0 Å². The largest absolute Gasteiger partial charge is 0.468 e. The van der Waals surface area contributed by atoms with Gasteiger partial charge in [0.05, 0.1) is 6.61 Å². The Morgan fingerprint density at radius 1 is 1.50 bits per heavy atom. The summed E-state index contributed by atoms with van der Waals surface area (Å²) in [5, 5.41) is 3.49. The van der Waals surface area contributed by atoms with Gasteiger partial charge in [-0.05, 0) is 19.8 Å². The summed E-state index contributed by atoms with van der Waals surface area (Å²) in [5.41, 5.74) is 0.145. The van der Waals surface area contributed by atoms with E-state index in [4.69, 9.17) is 4.74 Å². The first-order chi connectivity index (χ1) is 8.64. The quantitative estimate of drug-likeness (QED) is 0.566. The maximum atomic E-state index is 11.3. The van der Waals surface area contributed by atoms with E-state index in [0.717, 1.165) is 32.5 Å². The summed E-state index contributed by atoms with van der Waals surface area (Å²) in [6.45, 7) is 5.96. The smallest absolute Gasteiger partial charge is 0.293 e. The van der Waals surface area contributed by atoms with Gasteiger partial charge in [-0.2, -0.15) is 0 Å². The van der Waals surface area contributed by atoms with E-state index in [-0.39, 0.29) is 5.54 Å². The van der Waals surface area contributed by atoms with Crippen molar-refractivity contribution in [3.8, 4) is 0 Å². The second-order valence-corrected chi connectivity index (χ2v) is 5.56. The molecule has 2 fully saturated rings. The fourth-order valence-electron chi connectivity index (χ4n) is 3.04. The molecule has 2 unspecified atom stereocenters. The molecule has 0 aromatic heterocycles. The van der Waals surface area contributed by atoms with E-state index in [2.05, 4.69) is 17.1 Å². The van der Waals surface area contributed by atoms with Gasteiger partial charge in [-0.1, -0.05) is 0 Å². The Morgan fingerprint density at radius 2 is 2.22 bits per heavy atom. The molecule has 0 saturated carbocycles. The zero-order valence-electron chi connectivity index (χ0n) is 11.0. The van der Waals surface area contributed by atoms with Crippen molar-refractivity contribution >= 4 is 12.3 Å². The van der Waals surface area contributed by atoms with Crippen LogP contribution in [0.3, 0.4) is 0 Å². The summed E-state index contributed by atoms with van der Waals surface area (Å²) in [5.74, 6) is 0.386. The minimum Gasteiger partial charge on any atom is -0.468 e. The van der Waals surface area contributed by atoms with Crippen LogP contribution in [0, 0.1) is 0 Å². The Hall–Kier alpha value is -0.940. The average Bonchev–Trinajstić information content (AvgIpc) is 2.74. The average molecular weight is 254 g/mol. The number of Topliss-reactive ketones (excluding diaryl/α,β-unsaturated/α-hetero) is 1. The third-order valence-corrected chi connectivity index (χ3v) is 4.19. The highest BCUT2D eigenvalue weighted by Gasteiger charge is 2.40. The maximum Gasteiger partial charge on any atom is 0.293 e. The van der Waals surface area contributed by atoms with Gasteiger partial charge >= 0.3 is 0 Å². The molecule has 18 heavy (non-hydrogen) atoms. The number of carbonyl (C=O) groups is 2. The van der Waals surface area contributed by atoms with Gasteiger partial charge in [-0.3, -0.25) is 14.5 Å². The lowest BCUT2D eigenvalue weighted by Gasteiger charge is -2.40. The highest BCUT2D eigenvalue weighted by molar-refractivity contribution is 5.79. The third-order valence-electron chi connectivity index (χ3n) is 4.19. The van der Waals surface area contributed by atoms with Gasteiger partial charge in [-0.15, -0.1) is 0 Å². The summed E-state index contributed by atoms with van der Waals surface area (Å²) in [6.07, 6.45) is 3.30. The van der Waals surface area contributed by atoms with Crippen molar-refractivity contribution in [1.29, 1.82) is 0 Å². The summed E-state index contributed by atoms with van der Waals surface area (Å²) in [7, 11) is 0. The Bertz CT molecular complexity index is 311. The van der Waals surface area contributed by atoms with Crippen LogP contribution < -0.4 is 5.32 Å². The zero-order valence-corrected chi connectivity index (χ0v) is 11.0. The van der Waals surface area contributed by atoms with Gasteiger partial charge in [0.2, 0.25) is 0 Å². The summed E-state index contributed by atoms with van der Waals surface area (Å²) >= 11 is 0. The number of rotatable bonds is 5. The standard InChI is InChI=1S/C13H22N2O3/c1-13(15-5-2-12(17)3-6-15)8-11(14-9-13)4-7-18-10-16/h10-11,14H,2-9H2,1H3. The van der Waals surface area contributed by atoms with Gasteiger partial charge in [0.15, 0.2) is 0 Å². The van der Waals surface area contributed by atoms with Gasteiger partial charge in [0.1, 0.15) is 5.78 Å². The molecule has 1 N–H and O–H groups in total. The Morgan fingerprint density at radius 3 is 2.89 bits per heavy atom. The van der Waals surface area contributed by atoms with Gasteiger partial charge < -0.3 is 10.1 Å². The SMILES string of the molecule is CC1(N2CCC(=O)CC2)CNC(CCOC=O)C1. The number of piperidine rings is 1. The van der Waals surface area contributed by atoms with Crippen LogP contribution in [0.15, 0.2) is 0 Å². The van der Waals surface area contributed by atoms with Crippen molar-refractivity contribution in [1.82, 2.24) is 10.2 Å². The molecular formula is C13H22N2O3. The molecule has 0 radical (unpaired) electrons. The number of carbonyl (C=O) groups excluding carboxylic acids is 2. The van der Waals surface area contributed by atoms with Gasteiger partial charge in [0.25, 0.3) is 6.47 Å². The number of hydrogen-bond acceptors (Lipinski definition) is 5. The van der Waals surface area contributed by atoms with Gasteiger partial charge in [0, 0.05) is 44.1 Å². The van der Waals surface area contributed by atoms with E-state index in [1.54, 1.807) is 0 Å². The lowest BCUT2D eigenvalue weighted by atomic mass is 9.92. The minimum atomic E-state index is 0.145. The molecule has 2 saturated heterocycles. The van der Waals surface area contributed by atoms with Crippen LogP contribution in [-0.2, 0) is 14.3 Å². The van der Waals surface area contributed by atoms with E-state index < -0.39 is 0 Å². The van der Waals surface area contributed by atoms with E-state index in [1.165, 1.54) is 0 Å². The van der Waals surface area contributed by atoms with Crippen molar-refractivity contribution in [2.24, 2.45) is 0 Å². The molecule has 5 nitrogen and oxygen atoms in total. The van der Waals surface area contributed by atoms with Crippen LogP contribution in [0.5, 0.6) is 0 Å². The fourth-order valence-corrected chi connectivity index (χ4v) is 3.04. The van der Waals surface area contributed by atoms with Crippen molar-refractivity contribution in [2.75, 3.05) is 26.2 Å².